The molecule has 0 aliphatic carbocycles. The molecule has 0 fully saturated rings. The van der Waals surface area contributed by atoms with Crippen molar-refractivity contribution in [2.24, 2.45) is 5.73 Å². The van der Waals surface area contributed by atoms with Crippen LogP contribution in [0.15, 0.2) is 18.2 Å². The smallest absolute Gasteiger partial charge is 0.249 e. The van der Waals surface area contributed by atoms with Crippen molar-refractivity contribution in [3.8, 4) is 0 Å². The van der Waals surface area contributed by atoms with E-state index in [0.29, 0.717) is 35.5 Å². The summed E-state index contributed by atoms with van der Waals surface area (Å²) < 4.78 is 26.1. The molecule has 106 valence electrons. The summed E-state index contributed by atoms with van der Waals surface area (Å²) >= 11 is 5.50. The van der Waals surface area contributed by atoms with Gasteiger partial charge in [0.2, 0.25) is 15.9 Å². The van der Waals surface area contributed by atoms with E-state index in [9.17, 15) is 13.2 Å². The number of halogens is 1. The van der Waals surface area contributed by atoms with E-state index < -0.39 is 15.9 Å². The van der Waals surface area contributed by atoms with Gasteiger partial charge in [-0.05, 0) is 37.5 Å². The van der Waals surface area contributed by atoms with Crippen LogP contribution in [0.5, 0.6) is 0 Å². The number of sulfonamides is 1. The van der Waals surface area contributed by atoms with Crippen molar-refractivity contribution in [2.75, 3.05) is 16.4 Å². The Bertz CT molecular complexity index is 558. The van der Waals surface area contributed by atoms with E-state index in [0.717, 1.165) is 0 Å². The highest BCUT2D eigenvalue weighted by atomic mass is 35.5. The lowest BCUT2D eigenvalue weighted by Gasteiger charge is -2.12. The molecule has 7 heteroatoms. The number of amides is 1. The van der Waals surface area contributed by atoms with Crippen LogP contribution in [0.4, 0.5) is 5.69 Å². The van der Waals surface area contributed by atoms with Crippen molar-refractivity contribution in [1.29, 1.82) is 0 Å². The fourth-order valence-corrected chi connectivity index (χ4v) is 3.05. The highest BCUT2D eigenvalue weighted by Gasteiger charge is 2.14. The number of benzene rings is 1. The van der Waals surface area contributed by atoms with Gasteiger partial charge in [0, 0.05) is 11.4 Å². The average molecular weight is 305 g/mol. The Morgan fingerprint density at radius 1 is 1.37 bits per heavy atom. The van der Waals surface area contributed by atoms with Crippen molar-refractivity contribution in [2.45, 2.75) is 19.8 Å². The summed E-state index contributed by atoms with van der Waals surface area (Å²) in [6.45, 7) is 1.65. The van der Waals surface area contributed by atoms with Crippen LogP contribution in [-0.4, -0.2) is 26.0 Å². The van der Waals surface area contributed by atoms with Gasteiger partial charge in [-0.3, -0.25) is 9.52 Å². The number of hydrogen-bond donors (Lipinski definition) is 2. The lowest BCUT2D eigenvalue weighted by Crippen LogP contribution is -2.19. The topological polar surface area (TPSA) is 89.3 Å². The molecule has 0 aliphatic heterocycles. The minimum absolute atomic E-state index is 0.0000406. The van der Waals surface area contributed by atoms with Gasteiger partial charge in [-0.25, -0.2) is 8.42 Å². The van der Waals surface area contributed by atoms with Gasteiger partial charge in [0.05, 0.1) is 11.4 Å². The second kappa shape index (κ2) is 6.77. The fraction of sp³-hybridized carbons (Fsp3) is 0.417. The van der Waals surface area contributed by atoms with Crippen LogP contribution in [0.25, 0.3) is 0 Å². The van der Waals surface area contributed by atoms with E-state index >= 15 is 0 Å². The van der Waals surface area contributed by atoms with Gasteiger partial charge in [-0.15, -0.1) is 11.6 Å². The molecule has 0 spiro atoms. The Balaban J connectivity index is 2.88. The highest BCUT2D eigenvalue weighted by molar-refractivity contribution is 7.92. The van der Waals surface area contributed by atoms with Crippen LogP contribution in [0.1, 0.15) is 28.8 Å². The lowest BCUT2D eigenvalue weighted by molar-refractivity contribution is 0.0999. The normalized spacial score (nSPS) is 11.3. The third-order valence-electron chi connectivity index (χ3n) is 2.66. The first kappa shape index (κ1) is 15.8. The molecule has 0 atom stereocenters. The van der Waals surface area contributed by atoms with E-state index in [1.807, 2.05) is 0 Å². The van der Waals surface area contributed by atoms with E-state index in [4.69, 9.17) is 17.3 Å². The predicted molar refractivity (Wildman–Crippen MR) is 77.1 cm³/mol. The monoisotopic (exact) mass is 304 g/mol. The number of nitrogens with one attached hydrogen (secondary N) is 1. The molecule has 1 aromatic rings. The van der Waals surface area contributed by atoms with Crippen LogP contribution in [0.3, 0.4) is 0 Å². The van der Waals surface area contributed by atoms with E-state index in [1.54, 1.807) is 25.1 Å². The molecule has 0 bridgehead atoms. The molecule has 0 unspecified atom stereocenters. The third-order valence-corrected chi connectivity index (χ3v) is 4.29. The van der Waals surface area contributed by atoms with Crippen LogP contribution in [-0.2, 0) is 10.0 Å². The first-order valence-electron chi connectivity index (χ1n) is 5.83. The van der Waals surface area contributed by atoms with Crippen molar-refractivity contribution < 1.29 is 13.2 Å². The fourth-order valence-electron chi connectivity index (χ4n) is 1.62. The van der Waals surface area contributed by atoms with Crippen molar-refractivity contribution in [3.05, 3.63) is 29.3 Å². The molecule has 0 aromatic heterocycles. The summed E-state index contributed by atoms with van der Waals surface area (Å²) in [6.07, 6.45) is 1.14. The second-order valence-corrected chi connectivity index (χ2v) is 6.38. The Hall–Kier alpha value is -1.27. The largest absolute Gasteiger partial charge is 0.366 e. The van der Waals surface area contributed by atoms with Gasteiger partial charge in [0.1, 0.15) is 0 Å². The van der Waals surface area contributed by atoms with Gasteiger partial charge in [0.25, 0.3) is 0 Å². The number of rotatable bonds is 7. The Kier molecular flexibility index (Phi) is 5.62. The molecule has 0 saturated carbocycles. The maximum atomic E-state index is 11.8. The first-order valence-corrected chi connectivity index (χ1v) is 8.02. The number of alkyl halides is 1. The first-order chi connectivity index (χ1) is 8.87. The maximum absolute atomic E-state index is 11.8. The number of unbranched alkanes of at least 4 members (excludes halogenated alkanes) is 1. The molecule has 0 radical (unpaired) electrons. The summed E-state index contributed by atoms with van der Waals surface area (Å²) in [5.41, 5.74) is 6.42. The van der Waals surface area contributed by atoms with Gasteiger partial charge in [-0.1, -0.05) is 6.07 Å². The average Bonchev–Trinajstić information content (AvgIpc) is 2.31. The summed E-state index contributed by atoms with van der Waals surface area (Å²) in [6, 6.07) is 4.74. The zero-order chi connectivity index (χ0) is 14.5. The van der Waals surface area contributed by atoms with E-state index in [-0.39, 0.29) is 5.75 Å². The number of carbonyl (C=O) groups is 1. The summed E-state index contributed by atoms with van der Waals surface area (Å²) in [5, 5.41) is 0. The van der Waals surface area contributed by atoms with E-state index in [2.05, 4.69) is 4.72 Å². The highest BCUT2D eigenvalue weighted by Crippen LogP contribution is 2.20. The van der Waals surface area contributed by atoms with Crippen LogP contribution in [0, 0.1) is 6.92 Å². The Morgan fingerprint density at radius 3 is 2.63 bits per heavy atom. The number of anilines is 1. The number of hydrogen-bond acceptors (Lipinski definition) is 3. The third kappa shape index (κ3) is 4.72. The Morgan fingerprint density at radius 2 is 2.05 bits per heavy atom. The molecule has 1 rings (SSSR count). The molecule has 3 N–H and O–H groups in total. The molecule has 19 heavy (non-hydrogen) atoms. The van der Waals surface area contributed by atoms with Crippen molar-refractivity contribution in [3.63, 3.8) is 0 Å². The number of primary amides is 1. The summed E-state index contributed by atoms with van der Waals surface area (Å²) in [5.74, 6) is -0.147. The number of carbonyl (C=O) groups excluding carboxylic acids is 1. The van der Waals surface area contributed by atoms with Crippen LogP contribution in [0.2, 0.25) is 0 Å². The van der Waals surface area contributed by atoms with Gasteiger partial charge >= 0.3 is 0 Å². The van der Waals surface area contributed by atoms with Gasteiger partial charge in [0.15, 0.2) is 0 Å². The zero-order valence-corrected chi connectivity index (χ0v) is 12.2. The Labute approximate surface area is 118 Å². The quantitative estimate of drug-likeness (QED) is 0.595. The standard InChI is InChI=1S/C12H17ClN2O3S/c1-9-10(12(14)16)5-4-6-11(9)15-19(17,18)8-3-2-7-13/h4-6,15H,2-3,7-8H2,1H3,(H2,14,16). The SMILES string of the molecule is Cc1c(NS(=O)(=O)CCCCCl)cccc1C(N)=O. The predicted octanol–water partition coefficient (Wildman–Crippen LogP) is 1.85. The zero-order valence-electron chi connectivity index (χ0n) is 10.6. The van der Waals surface area contributed by atoms with E-state index in [1.165, 1.54) is 0 Å². The lowest BCUT2D eigenvalue weighted by atomic mass is 10.1. The summed E-state index contributed by atoms with van der Waals surface area (Å²) in [4.78, 5) is 11.2. The molecule has 1 aromatic carbocycles. The minimum Gasteiger partial charge on any atom is -0.366 e. The molecule has 1 amide bonds. The van der Waals surface area contributed by atoms with Gasteiger partial charge in [-0.2, -0.15) is 0 Å². The second-order valence-electron chi connectivity index (χ2n) is 4.16. The maximum Gasteiger partial charge on any atom is 0.249 e. The molecular weight excluding hydrogens is 288 g/mol. The molecule has 0 saturated heterocycles. The molecule has 0 aliphatic rings. The van der Waals surface area contributed by atoms with Crippen molar-refractivity contribution >= 4 is 33.2 Å². The minimum atomic E-state index is -3.43. The van der Waals surface area contributed by atoms with Crippen LogP contribution >= 0.6 is 11.6 Å². The molecule has 5 nitrogen and oxygen atoms in total. The summed E-state index contributed by atoms with van der Waals surface area (Å²) in [7, 11) is -3.43. The van der Waals surface area contributed by atoms with Crippen LogP contribution < -0.4 is 10.5 Å². The molecular formula is C12H17ClN2O3S. The van der Waals surface area contributed by atoms with Crippen molar-refractivity contribution in [1.82, 2.24) is 0 Å². The number of nitrogens with two attached hydrogens (primary N) is 1. The van der Waals surface area contributed by atoms with Gasteiger partial charge < -0.3 is 5.73 Å². The molecule has 0 heterocycles.